The van der Waals surface area contributed by atoms with Gasteiger partial charge in [-0.25, -0.2) is 4.79 Å². The van der Waals surface area contributed by atoms with Crippen LogP contribution in [0.5, 0.6) is 0 Å². The van der Waals surface area contributed by atoms with Gasteiger partial charge in [0.25, 0.3) is 0 Å². The maximum Gasteiger partial charge on any atom is 0.338 e. The largest absolute Gasteiger partial charge is 0.432 e. The van der Waals surface area contributed by atoms with Crippen molar-refractivity contribution >= 4 is 5.97 Å². The van der Waals surface area contributed by atoms with E-state index in [1.165, 1.54) is 0 Å². The molecule has 3 heteroatoms. The fourth-order valence-electron chi connectivity index (χ4n) is 1.40. The van der Waals surface area contributed by atoms with Gasteiger partial charge in [0, 0.05) is 5.92 Å². The third-order valence-electron chi connectivity index (χ3n) is 2.26. The van der Waals surface area contributed by atoms with Crippen molar-refractivity contribution in [1.82, 2.24) is 0 Å². The summed E-state index contributed by atoms with van der Waals surface area (Å²) in [6.45, 7) is 11.6. The van der Waals surface area contributed by atoms with Crippen LogP contribution < -0.4 is 0 Å². The number of hydrogen-bond donors (Lipinski definition) is 0. The summed E-state index contributed by atoms with van der Waals surface area (Å²) >= 11 is 0. The number of cyclic esters (lactones) is 1. The van der Waals surface area contributed by atoms with Crippen molar-refractivity contribution < 1.29 is 14.3 Å². The Morgan fingerprint density at radius 1 is 1.21 bits per heavy atom. The summed E-state index contributed by atoms with van der Waals surface area (Å²) in [6, 6.07) is 0. The maximum atomic E-state index is 11.4. The number of carbonyl (C=O) groups is 1. The average Bonchev–Trinajstić information content (AvgIpc) is 2.08. The minimum absolute atomic E-state index is 0.174. The van der Waals surface area contributed by atoms with Crippen molar-refractivity contribution in [3.05, 3.63) is 12.2 Å². The molecular weight excluding hydrogens is 180 g/mol. The van der Waals surface area contributed by atoms with Gasteiger partial charge in [-0.05, 0) is 5.92 Å². The van der Waals surface area contributed by atoms with E-state index >= 15 is 0 Å². The van der Waals surface area contributed by atoms with E-state index in [4.69, 9.17) is 9.47 Å². The predicted octanol–water partition coefficient (Wildman–Crippen LogP) is 2.12. The lowest BCUT2D eigenvalue weighted by atomic mass is 9.98. The molecule has 0 bridgehead atoms. The van der Waals surface area contributed by atoms with Crippen LogP contribution in [0.4, 0.5) is 0 Å². The van der Waals surface area contributed by atoms with Crippen molar-refractivity contribution in [2.75, 3.05) is 0 Å². The lowest BCUT2D eigenvalue weighted by Crippen LogP contribution is -2.42. The Morgan fingerprint density at radius 2 is 1.79 bits per heavy atom. The van der Waals surface area contributed by atoms with E-state index in [0.29, 0.717) is 5.57 Å². The molecule has 2 unspecified atom stereocenters. The van der Waals surface area contributed by atoms with Gasteiger partial charge in [-0.1, -0.05) is 34.3 Å². The molecule has 80 valence electrons. The van der Waals surface area contributed by atoms with E-state index in [1.807, 2.05) is 27.7 Å². The summed E-state index contributed by atoms with van der Waals surface area (Å²) in [6.07, 6.45) is -0.635. The summed E-state index contributed by atoms with van der Waals surface area (Å²) in [5.74, 6) is 0.0959. The molecule has 0 spiro atoms. The standard InChI is InChI=1S/C11H18O3/c1-6(2)9-8(5)10(12)14-11(13-9)7(3)4/h6-7,9,11H,5H2,1-4H3. The molecular formula is C11H18O3. The third-order valence-corrected chi connectivity index (χ3v) is 2.26. The molecule has 1 aliphatic rings. The van der Waals surface area contributed by atoms with Crippen molar-refractivity contribution in [3.8, 4) is 0 Å². The Bertz CT molecular complexity index is 243. The summed E-state index contributed by atoms with van der Waals surface area (Å²) in [4.78, 5) is 11.4. The van der Waals surface area contributed by atoms with Crippen LogP contribution in [0.15, 0.2) is 12.2 Å². The highest BCUT2D eigenvalue weighted by atomic mass is 16.7. The summed E-state index contributed by atoms with van der Waals surface area (Å²) in [5.41, 5.74) is 0.428. The molecule has 0 aliphatic carbocycles. The molecule has 0 aromatic rings. The Labute approximate surface area is 85.1 Å². The zero-order chi connectivity index (χ0) is 10.9. The van der Waals surface area contributed by atoms with E-state index in [1.54, 1.807) is 0 Å². The van der Waals surface area contributed by atoms with Crippen molar-refractivity contribution in [2.45, 2.75) is 40.1 Å². The van der Waals surface area contributed by atoms with Gasteiger partial charge in [0.15, 0.2) is 0 Å². The minimum Gasteiger partial charge on any atom is -0.432 e. The highest BCUT2D eigenvalue weighted by Gasteiger charge is 2.35. The van der Waals surface area contributed by atoms with Gasteiger partial charge in [-0.3, -0.25) is 0 Å². The Morgan fingerprint density at radius 3 is 2.21 bits per heavy atom. The summed E-state index contributed by atoms with van der Waals surface area (Å²) < 4.78 is 10.7. The van der Waals surface area contributed by atoms with Gasteiger partial charge in [-0.2, -0.15) is 0 Å². The number of hydrogen-bond acceptors (Lipinski definition) is 3. The van der Waals surface area contributed by atoms with Crippen LogP contribution in [-0.4, -0.2) is 18.4 Å². The summed E-state index contributed by atoms with van der Waals surface area (Å²) in [5, 5.41) is 0. The number of ether oxygens (including phenoxy) is 2. The topological polar surface area (TPSA) is 35.5 Å². The van der Waals surface area contributed by atoms with E-state index < -0.39 is 6.29 Å². The number of esters is 1. The van der Waals surface area contributed by atoms with Crippen LogP contribution in [-0.2, 0) is 14.3 Å². The minimum atomic E-state index is -0.430. The van der Waals surface area contributed by atoms with Crippen LogP contribution >= 0.6 is 0 Å². The predicted molar refractivity (Wildman–Crippen MR) is 53.6 cm³/mol. The highest BCUT2D eigenvalue weighted by molar-refractivity contribution is 5.89. The second-order valence-corrected chi connectivity index (χ2v) is 4.34. The summed E-state index contributed by atoms with van der Waals surface area (Å²) in [7, 11) is 0. The molecule has 1 aliphatic heterocycles. The fraction of sp³-hybridized carbons (Fsp3) is 0.727. The first-order valence-corrected chi connectivity index (χ1v) is 4.98. The van der Waals surface area contributed by atoms with Crippen LogP contribution in [0, 0.1) is 11.8 Å². The SMILES string of the molecule is C=C1C(=O)OC(C(C)C)OC1C(C)C. The Balaban J connectivity index is 2.76. The molecule has 1 fully saturated rings. The zero-order valence-corrected chi connectivity index (χ0v) is 9.24. The van der Waals surface area contributed by atoms with Gasteiger partial charge in [0.05, 0.1) is 11.7 Å². The monoisotopic (exact) mass is 198 g/mol. The van der Waals surface area contributed by atoms with Crippen molar-refractivity contribution in [1.29, 1.82) is 0 Å². The van der Waals surface area contributed by atoms with Crippen LogP contribution in [0.1, 0.15) is 27.7 Å². The first-order chi connectivity index (χ1) is 6.43. The van der Waals surface area contributed by atoms with E-state index in [0.717, 1.165) is 0 Å². The van der Waals surface area contributed by atoms with E-state index in [2.05, 4.69) is 6.58 Å². The molecule has 0 aromatic carbocycles. The van der Waals surface area contributed by atoms with Crippen LogP contribution in [0.2, 0.25) is 0 Å². The number of carbonyl (C=O) groups excluding carboxylic acids is 1. The molecule has 1 saturated heterocycles. The molecule has 3 nitrogen and oxygen atoms in total. The molecule has 0 aromatic heterocycles. The molecule has 0 amide bonds. The van der Waals surface area contributed by atoms with Gasteiger partial charge in [0.1, 0.15) is 0 Å². The molecule has 2 atom stereocenters. The van der Waals surface area contributed by atoms with Crippen LogP contribution in [0.25, 0.3) is 0 Å². The van der Waals surface area contributed by atoms with E-state index in [9.17, 15) is 4.79 Å². The van der Waals surface area contributed by atoms with Gasteiger partial charge in [0.2, 0.25) is 6.29 Å². The second kappa shape index (κ2) is 4.13. The highest BCUT2D eigenvalue weighted by Crippen LogP contribution is 2.26. The fourth-order valence-corrected chi connectivity index (χ4v) is 1.40. The van der Waals surface area contributed by atoms with E-state index in [-0.39, 0.29) is 23.9 Å². The zero-order valence-electron chi connectivity index (χ0n) is 9.24. The van der Waals surface area contributed by atoms with Gasteiger partial charge < -0.3 is 9.47 Å². The normalized spacial score (nSPS) is 28.4. The quantitative estimate of drug-likeness (QED) is 0.503. The first kappa shape index (κ1) is 11.2. The second-order valence-electron chi connectivity index (χ2n) is 4.34. The van der Waals surface area contributed by atoms with Crippen LogP contribution in [0.3, 0.4) is 0 Å². The average molecular weight is 198 g/mol. The number of rotatable bonds is 2. The third kappa shape index (κ3) is 2.15. The molecule has 1 heterocycles. The Kier molecular flexibility index (Phi) is 3.32. The maximum absolute atomic E-state index is 11.4. The van der Waals surface area contributed by atoms with Gasteiger partial charge in [-0.15, -0.1) is 0 Å². The van der Waals surface area contributed by atoms with Crippen molar-refractivity contribution in [3.63, 3.8) is 0 Å². The Hall–Kier alpha value is -0.830. The molecule has 0 N–H and O–H groups in total. The smallest absolute Gasteiger partial charge is 0.338 e. The van der Waals surface area contributed by atoms with Crippen molar-refractivity contribution in [2.24, 2.45) is 11.8 Å². The first-order valence-electron chi connectivity index (χ1n) is 4.98. The lowest BCUT2D eigenvalue weighted by molar-refractivity contribution is -0.217. The molecule has 1 rings (SSSR count). The molecule has 0 radical (unpaired) electrons. The molecule has 14 heavy (non-hydrogen) atoms. The molecule has 0 saturated carbocycles. The van der Waals surface area contributed by atoms with Gasteiger partial charge >= 0.3 is 5.97 Å². The lowest BCUT2D eigenvalue weighted by Gasteiger charge is -2.34.